The second-order valence-corrected chi connectivity index (χ2v) is 6.13. The average Bonchev–Trinajstić information content (AvgIpc) is 3.01. The number of pyridine rings is 1. The SMILES string of the molecule is CN1C=CN(c2[c-]ccc3c2C(C)(C)c2ncccc2-3)[CH-]1.[Ir]. The second-order valence-electron chi connectivity index (χ2n) is 6.13. The van der Waals surface area contributed by atoms with Gasteiger partial charge in [0, 0.05) is 32.0 Å². The van der Waals surface area contributed by atoms with Crippen LogP contribution in [0.2, 0.25) is 0 Å². The van der Waals surface area contributed by atoms with Gasteiger partial charge in [0.25, 0.3) is 0 Å². The molecule has 0 saturated carbocycles. The van der Waals surface area contributed by atoms with E-state index in [1.807, 2.05) is 36.5 Å². The molecule has 4 rings (SSSR count). The van der Waals surface area contributed by atoms with Crippen molar-refractivity contribution in [2.75, 3.05) is 11.9 Å². The summed E-state index contributed by atoms with van der Waals surface area (Å²) >= 11 is 0. The average molecular weight is 468 g/mol. The Hall–Kier alpha value is -1.64. The standard InChI is InChI=1S/C18H17N3.Ir/c1-18(2)16-13(14-7-5-9-19-17(14)18)6-4-8-15(16)21-11-10-20(3)12-21;/h4-7,9-12H,1-3H3;/q-2;. The summed E-state index contributed by atoms with van der Waals surface area (Å²) in [5, 5.41) is 0. The number of rotatable bonds is 1. The van der Waals surface area contributed by atoms with Gasteiger partial charge in [-0.2, -0.15) is 24.9 Å². The van der Waals surface area contributed by atoms with Crippen LogP contribution in [0.3, 0.4) is 0 Å². The van der Waals surface area contributed by atoms with E-state index in [1.165, 1.54) is 16.7 Å². The fraction of sp³-hybridized carbons (Fsp3) is 0.222. The van der Waals surface area contributed by atoms with Crippen molar-refractivity contribution in [1.29, 1.82) is 0 Å². The molecule has 115 valence electrons. The second kappa shape index (κ2) is 5.22. The molecule has 22 heavy (non-hydrogen) atoms. The molecule has 0 unspecified atom stereocenters. The maximum Gasteiger partial charge on any atom is 0.0446 e. The Bertz CT molecular complexity index is 752. The summed E-state index contributed by atoms with van der Waals surface area (Å²) in [6, 6.07) is 11.7. The third kappa shape index (κ3) is 2.02. The molecule has 0 saturated heterocycles. The zero-order valence-corrected chi connectivity index (χ0v) is 15.2. The number of nitrogens with zero attached hydrogens (tertiary/aromatic N) is 3. The van der Waals surface area contributed by atoms with E-state index in [4.69, 9.17) is 0 Å². The molecular formula is C18H17IrN3-2. The van der Waals surface area contributed by atoms with Gasteiger partial charge in [0.05, 0.1) is 0 Å². The summed E-state index contributed by atoms with van der Waals surface area (Å²) < 4.78 is 0. The predicted octanol–water partition coefficient (Wildman–Crippen LogP) is 3.53. The van der Waals surface area contributed by atoms with Crippen LogP contribution in [0.25, 0.3) is 11.1 Å². The number of hydrogen-bond acceptors (Lipinski definition) is 3. The first-order chi connectivity index (χ1) is 10.1. The van der Waals surface area contributed by atoms with Crippen LogP contribution in [0.15, 0.2) is 42.9 Å². The fourth-order valence-corrected chi connectivity index (χ4v) is 3.37. The van der Waals surface area contributed by atoms with Gasteiger partial charge >= 0.3 is 0 Å². The van der Waals surface area contributed by atoms with Crippen molar-refractivity contribution >= 4 is 5.69 Å². The molecule has 1 aromatic carbocycles. The molecule has 0 atom stereocenters. The maximum absolute atomic E-state index is 4.64. The molecule has 1 aliphatic carbocycles. The molecule has 1 aromatic heterocycles. The third-order valence-electron chi connectivity index (χ3n) is 4.32. The van der Waals surface area contributed by atoms with Gasteiger partial charge in [0.1, 0.15) is 0 Å². The molecule has 2 aromatic rings. The largest absolute Gasteiger partial charge is 0.510 e. The summed E-state index contributed by atoms with van der Waals surface area (Å²) in [6.07, 6.45) is 5.99. The van der Waals surface area contributed by atoms with Gasteiger partial charge in [-0.05, 0) is 36.5 Å². The normalized spacial score (nSPS) is 17.2. The number of hydrogen-bond donors (Lipinski definition) is 0. The van der Waals surface area contributed by atoms with Gasteiger partial charge in [-0.25, -0.2) is 0 Å². The van der Waals surface area contributed by atoms with Crippen molar-refractivity contribution in [3.05, 3.63) is 66.9 Å². The molecule has 0 spiro atoms. The van der Waals surface area contributed by atoms with Crippen LogP contribution in [0.5, 0.6) is 0 Å². The first-order valence-electron chi connectivity index (χ1n) is 7.13. The fourth-order valence-electron chi connectivity index (χ4n) is 3.37. The van der Waals surface area contributed by atoms with Gasteiger partial charge in [0.2, 0.25) is 0 Å². The van der Waals surface area contributed by atoms with Crippen LogP contribution in [0.4, 0.5) is 5.69 Å². The van der Waals surface area contributed by atoms with Gasteiger partial charge in [-0.1, -0.05) is 19.9 Å². The minimum Gasteiger partial charge on any atom is -0.510 e. The monoisotopic (exact) mass is 468 g/mol. The first-order valence-corrected chi connectivity index (χ1v) is 7.13. The summed E-state index contributed by atoms with van der Waals surface area (Å²) in [5.74, 6) is 0. The van der Waals surface area contributed by atoms with Crippen molar-refractivity contribution in [1.82, 2.24) is 9.88 Å². The number of fused-ring (bicyclic) bond motifs is 3. The van der Waals surface area contributed by atoms with Gasteiger partial charge < -0.3 is 9.80 Å². The van der Waals surface area contributed by atoms with Gasteiger partial charge in [-0.15, -0.1) is 16.8 Å². The van der Waals surface area contributed by atoms with Crippen molar-refractivity contribution < 1.29 is 20.1 Å². The maximum atomic E-state index is 4.64. The van der Waals surface area contributed by atoms with Crippen molar-refractivity contribution in [3.8, 4) is 11.1 Å². The Morgan fingerprint density at radius 3 is 2.73 bits per heavy atom. The van der Waals surface area contributed by atoms with Crippen LogP contribution in [0, 0.1) is 12.7 Å². The van der Waals surface area contributed by atoms with Crippen molar-refractivity contribution in [2.24, 2.45) is 0 Å². The minimum absolute atomic E-state index is 0. The van der Waals surface area contributed by atoms with E-state index in [2.05, 4.69) is 54.8 Å². The van der Waals surface area contributed by atoms with Crippen LogP contribution in [-0.2, 0) is 25.5 Å². The molecule has 2 heterocycles. The van der Waals surface area contributed by atoms with E-state index in [-0.39, 0.29) is 25.5 Å². The first kappa shape index (κ1) is 15.3. The van der Waals surface area contributed by atoms with E-state index in [9.17, 15) is 0 Å². The van der Waals surface area contributed by atoms with Crippen molar-refractivity contribution in [2.45, 2.75) is 19.3 Å². The van der Waals surface area contributed by atoms with E-state index in [1.54, 1.807) is 0 Å². The van der Waals surface area contributed by atoms with E-state index >= 15 is 0 Å². The number of benzene rings is 1. The van der Waals surface area contributed by atoms with Crippen LogP contribution < -0.4 is 4.90 Å². The molecule has 1 aliphatic heterocycles. The molecule has 0 amide bonds. The van der Waals surface area contributed by atoms with Crippen LogP contribution in [0.1, 0.15) is 25.1 Å². The molecule has 1 radical (unpaired) electrons. The Morgan fingerprint density at radius 2 is 2.00 bits per heavy atom. The zero-order chi connectivity index (χ0) is 14.6. The topological polar surface area (TPSA) is 19.4 Å². The Balaban J connectivity index is 0.00000144. The number of aromatic nitrogens is 1. The summed E-state index contributed by atoms with van der Waals surface area (Å²) in [4.78, 5) is 8.81. The molecule has 3 nitrogen and oxygen atoms in total. The van der Waals surface area contributed by atoms with E-state index in [0.29, 0.717) is 0 Å². The van der Waals surface area contributed by atoms with Gasteiger partial charge in [0.15, 0.2) is 0 Å². The molecule has 4 heteroatoms. The molecule has 0 fully saturated rings. The van der Waals surface area contributed by atoms with Crippen molar-refractivity contribution in [3.63, 3.8) is 0 Å². The summed E-state index contributed by atoms with van der Waals surface area (Å²) in [5.41, 5.74) is 5.96. The smallest absolute Gasteiger partial charge is 0.0446 e. The molecular weight excluding hydrogens is 450 g/mol. The molecule has 2 aliphatic rings. The Morgan fingerprint density at radius 1 is 1.18 bits per heavy atom. The molecule has 0 N–H and O–H groups in total. The minimum atomic E-state index is -0.109. The van der Waals surface area contributed by atoms with E-state index < -0.39 is 0 Å². The third-order valence-corrected chi connectivity index (χ3v) is 4.32. The summed E-state index contributed by atoms with van der Waals surface area (Å²) in [6.45, 7) is 6.55. The summed E-state index contributed by atoms with van der Waals surface area (Å²) in [7, 11) is 2.03. The van der Waals surface area contributed by atoms with Crippen LogP contribution >= 0.6 is 0 Å². The Labute approximate surface area is 145 Å². The van der Waals surface area contributed by atoms with E-state index in [0.717, 1.165) is 11.4 Å². The van der Waals surface area contributed by atoms with Gasteiger partial charge in [-0.3, -0.25) is 4.98 Å². The quantitative estimate of drug-likeness (QED) is 0.599. The zero-order valence-electron chi connectivity index (χ0n) is 12.8. The predicted molar refractivity (Wildman–Crippen MR) is 84.3 cm³/mol. The number of anilines is 1. The van der Waals surface area contributed by atoms with Crippen LogP contribution in [-0.4, -0.2) is 16.9 Å². The Kier molecular flexibility index (Phi) is 3.62. The molecule has 0 bridgehead atoms.